The Bertz CT molecular complexity index is 1060. The van der Waals surface area contributed by atoms with Gasteiger partial charge in [-0.25, -0.2) is 5.01 Å². The van der Waals surface area contributed by atoms with E-state index in [-0.39, 0.29) is 5.91 Å². The maximum atomic E-state index is 12.8. The second kappa shape index (κ2) is 12.9. The van der Waals surface area contributed by atoms with E-state index < -0.39 is 0 Å². The Morgan fingerprint density at radius 3 is 2.65 bits per heavy atom. The number of carbonyl (C=O) groups excluding carboxylic acids is 1. The van der Waals surface area contributed by atoms with E-state index in [0.29, 0.717) is 12.5 Å². The quantitative estimate of drug-likeness (QED) is 0.226. The van der Waals surface area contributed by atoms with Crippen LogP contribution < -0.4 is 0 Å². The molecule has 2 aliphatic rings. The molecule has 1 saturated carbocycles. The second-order valence-corrected chi connectivity index (χ2v) is 9.10. The van der Waals surface area contributed by atoms with Crippen LogP contribution in [0.2, 0.25) is 0 Å². The molecule has 0 N–H and O–H groups in total. The van der Waals surface area contributed by atoms with Crippen molar-refractivity contribution in [2.75, 3.05) is 6.54 Å². The molecule has 0 saturated heterocycles. The van der Waals surface area contributed by atoms with Crippen LogP contribution in [0.1, 0.15) is 63.5 Å². The number of nitrogens with zero attached hydrogens (tertiary/aromatic N) is 2. The largest absolute Gasteiger partial charge is 0.273 e. The van der Waals surface area contributed by atoms with Gasteiger partial charge in [-0.15, -0.1) is 0 Å². The minimum atomic E-state index is -0.0505. The fraction of sp³-hybridized carbons (Fsp3) is 0.355. The Labute approximate surface area is 205 Å². The number of benzene rings is 1. The van der Waals surface area contributed by atoms with E-state index in [0.717, 1.165) is 47.3 Å². The summed E-state index contributed by atoms with van der Waals surface area (Å²) in [5.74, 6) is 0.332. The number of carbonyl (C=O) groups is 1. The van der Waals surface area contributed by atoms with E-state index in [1.807, 2.05) is 31.2 Å². The van der Waals surface area contributed by atoms with E-state index in [1.165, 1.54) is 24.8 Å². The van der Waals surface area contributed by atoms with Gasteiger partial charge in [0.1, 0.15) is 0 Å². The number of amides is 1. The summed E-state index contributed by atoms with van der Waals surface area (Å²) in [5.41, 5.74) is 6.47. The molecule has 34 heavy (non-hydrogen) atoms. The maximum absolute atomic E-state index is 12.8. The predicted molar refractivity (Wildman–Crippen MR) is 145 cm³/mol. The highest BCUT2D eigenvalue weighted by Gasteiger charge is 2.24. The standard InChI is InChI=1S/C31H38N2O/c1-5-6-9-16-24(2)29-21-13-8-12-20-28(29)23-33(26(4)34)32-31(27-18-10-7-11-19-27)30-22-15-14-17-25(30)3/h5-6,8-9,12,14-17,20-22,27H,2,7,10-11,13,18-19,23H2,1,3-4H3/b6-5-,16-9-,32-31-. The van der Waals surface area contributed by atoms with E-state index in [4.69, 9.17) is 5.10 Å². The van der Waals surface area contributed by atoms with Crippen molar-refractivity contribution in [3.05, 3.63) is 107 Å². The summed E-state index contributed by atoms with van der Waals surface area (Å²) in [6.07, 6.45) is 23.3. The van der Waals surface area contributed by atoms with Crippen LogP contribution in [0.15, 0.2) is 101 Å². The molecule has 0 bridgehead atoms. The molecule has 0 aliphatic heterocycles. The van der Waals surface area contributed by atoms with Crippen molar-refractivity contribution in [3.63, 3.8) is 0 Å². The molecule has 0 unspecified atom stereocenters. The molecular weight excluding hydrogens is 416 g/mol. The number of rotatable bonds is 8. The lowest BCUT2D eigenvalue weighted by molar-refractivity contribution is -0.128. The van der Waals surface area contributed by atoms with Gasteiger partial charge in [0, 0.05) is 18.4 Å². The first-order chi connectivity index (χ1) is 16.5. The number of hydrogen-bond acceptors (Lipinski definition) is 2. The van der Waals surface area contributed by atoms with Gasteiger partial charge in [0.2, 0.25) is 5.91 Å². The minimum Gasteiger partial charge on any atom is -0.273 e. The van der Waals surface area contributed by atoms with Gasteiger partial charge < -0.3 is 0 Å². The van der Waals surface area contributed by atoms with Crippen LogP contribution in [0.5, 0.6) is 0 Å². The van der Waals surface area contributed by atoms with Crippen LogP contribution in [-0.2, 0) is 4.79 Å². The zero-order valence-corrected chi connectivity index (χ0v) is 21.0. The van der Waals surface area contributed by atoms with Crippen molar-refractivity contribution in [3.8, 4) is 0 Å². The summed E-state index contributed by atoms with van der Waals surface area (Å²) in [6, 6.07) is 8.41. The zero-order valence-electron chi connectivity index (χ0n) is 21.0. The van der Waals surface area contributed by atoms with Gasteiger partial charge in [0.25, 0.3) is 0 Å². The normalized spacial score (nSPS) is 17.6. The van der Waals surface area contributed by atoms with Crippen LogP contribution in [0.3, 0.4) is 0 Å². The third-order valence-electron chi connectivity index (χ3n) is 6.51. The van der Waals surface area contributed by atoms with Crippen molar-refractivity contribution < 1.29 is 4.79 Å². The Kier molecular flexibility index (Phi) is 9.63. The molecule has 0 heterocycles. The summed E-state index contributed by atoms with van der Waals surface area (Å²) in [4.78, 5) is 12.8. The van der Waals surface area contributed by atoms with Crippen molar-refractivity contribution in [1.29, 1.82) is 0 Å². The van der Waals surface area contributed by atoms with E-state index in [2.05, 4.69) is 62.1 Å². The molecule has 0 aromatic heterocycles. The molecule has 1 fully saturated rings. The lowest BCUT2D eigenvalue weighted by Gasteiger charge is -2.27. The molecule has 0 radical (unpaired) electrons. The average molecular weight is 455 g/mol. The summed E-state index contributed by atoms with van der Waals surface area (Å²) in [7, 11) is 0. The number of hydrogen-bond donors (Lipinski definition) is 0. The summed E-state index contributed by atoms with van der Waals surface area (Å²) in [5, 5.41) is 6.72. The van der Waals surface area contributed by atoms with Gasteiger partial charge in [0.05, 0.1) is 12.3 Å². The number of allylic oxidation sites excluding steroid dienone is 9. The van der Waals surface area contributed by atoms with Gasteiger partial charge in [-0.3, -0.25) is 4.79 Å². The molecule has 178 valence electrons. The highest BCUT2D eigenvalue weighted by atomic mass is 16.2. The minimum absolute atomic E-state index is 0.0505. The van der Waals surface area contributed by atoms with Crippen LogP contribution in [0.25, 0.3) is 0 Å². The molecular formula is C31H38N2O. The van der Waals surface area contributed by atoms with Gasteiger partial charge in [-0.1, -0.05) is 98.7 Å². The molecule has 3 heteroatoms. The van der Waals surface area contributed by atoms with Crippen molar-refractivity contribution in [2.24, 2.45) is 11.0 Å². The lowest BCUT2D eigenvalue weighted by atomic mass is 9.82. The smallest absolute Gasteiger partial charge is 0.239 e. The monoisotopic (exact) mass is 454 g/mol. The fourth-order valence-corrected chi connectivity index (χ4v) is 4.62. The zero-order chi connectivity index (χ0) is 24.3. The van der Waals surface area contributed by atoms with Gasteiger partial charge in [0.15, 0.2) is 0 Å². The highest BCUT2D eigenvalue weighted by molar-refractivity contribution is 6.03. The van der Waals surface area contributed by atoms with E-state index >= 15 is 0 Å². The van der Waals surface area contributed by atoms with E-state index in [9.17, 15) is 4.79 Å². The van der Waals surface area contributed by atoms with Crippen LogP contribution >= 0.6 is 0 Å². The molecule has 1 aromatic rings. The lowest BCUT2D eigenvalue weighted by Crippen LogP contribution is -2.30. The molecule has 3 nitrogen and oxygen atoms in total. The molecule has 0 atom stereocenters. The van der Waals surface area contributed by atoms with Crippen molar-refractivity contribution in [1.82, 2.24) is 5.01 Å². The second-order valence-electron chi connectivity index (χ2n) is 9.10. The predicted octanol–water partition coefficient (Wildman–Crippen LogP) is 7.63. The maximum Gasteiger partial charge on any atom is 0.239 e. The first-order valence-electron chi connectivity index (χ1n) is 12.5. The summed E-state index contributed by atoms with van der Waals surface area (Å²) >= 11 is 0. The Morgan fingerprint density at radius 1 is 1.18 bits per heavy atom. The topological polar surface area (TPSA) is 32.7 Å². The first kappa shape index (κ1) is 25.4. The van der Waals surface area contributed by atoms with Gasteiger partial charge in [-0.2, -0.15) is 5.10 Å². The molecule has 3 rings (SSSR count). The molecule has 0 spiro atoms. The molecule has 1 amide bonds. The van der Waals surface area contributed by atoms with Crippen molar-refractivity contribution >= 4 is 11.6 Å². The number of aryl methyl sites for hydroxylation is 1. The third kappa shape index (κ3) is 6.90. The Morgan fingerprint density at radius 2 is 1.94 bits per heavy atom. The van der Waals surface area contributed by atoms with E-state index in [1.54, 1.807) is 11.9 Å². The van der Waals surface area contributed by atoms with Crippen molar-refractivity contribution in [2.45, 2.75) is 59.3 Å². The summed E-state index contributed by atoms with van der Waals surface area (Å²) in [6.45, 7) is 10.4. The summed E-state index contributed by atoms with van der Waals surface area (Å²) < 4.78 is 0. The first-order valence-corrected chi connectivity index (χ1v) is 12.5. The molecule has 1 aromatic carbocycles. The average Bonchev–Trinajstić information content (AvgIpc) is 3.08. The Balaban J connectivity index is 1.97. The van der Waals surface area contributed by atoms with Gasteiger partial charge in [-0.05, 0) is 55.4 Å². The highest BCUT2D eigenvalue weighted by Crippen LogP contribution is 2.30. The Hall–Kier alpha value is -3.20. The SMILES string of the molecule is C=C(/C=C\C=C/C)C1=CCC=CC=C1CN(/N=C(\c1ccccc1C)C1CCCCC1)C(C)=O. The molecule has 2 aliphatic carbocycles. The van der Waals surface area contributed by atoms with Crippen LogP contribution in [-0.4, -0.2) is 23.2 Å². The van der Waals surface area contributed by atoms with Gasteiger partial charge >= 0.3 is 0 Å². The third-order valence-corrected chi connectivity index (χ3v) is 6.51. The number of hydrazone groups is 1. The van der Waals surface area contributed by atoms with Crippen LogP contribution in [0, 0.1) is 12.8 Å². The fourth-order valence-electron chi connectivity index (χ4n) is 4.62. The van der Waals surface area contributed by atoms with Crippen LogP contribution in [0.4, 0.5) is 0 Å².